The molecule has 0 bridgehead atoms. The van der Waals surface area contributed by atoms with E-state index in [0.717, 1.165) is 38.7 Å². The summed E-state index contributed by atoms with van der Waals surface area (Å²) in [6, 6.07) is 26.1. The molecule has 5 rings (SSSR count). The van der Waals surface area contributed by atoms with Crippen molar-refractivity contribution in [2.75, 3.05) is 0 Å². The summed E-state index contributed by atoms with van der Waals surface area (Å²) < 4.78 is 24.0. The van der Waals surface area contributed by atoms with Crippen LogP contribution in [0, 0.1) is 12.7 Å². The van der Waals surface area contributed by atoms with Crippen molar-refractivity contribution in [2.24, 2.45) is 7.05 Å². The largest absolute Gasteiger partial charge is 0.454 e. The fourth-order valence-corrected chi connectivity index (χ4v) is 9.30. The van der Waals surface area contributed by atoms with Gasteiger partial charge in [0.2, 0.25) is 5.69 Å². The fraction of sp³-hybridized carbons (Fsp3) is 0.258. The minimum Gasteiger partial charge on any atom is -0.454 e. The molecule has 0 N–H and O–H groups in total. The number of nitrogens with zero attached hydrogens (tertiary/aromatic N) is 1. The Balaban J connectivity index is 1.74. The molecule has 3 aromatic carbocycles. The molecule has 0 atom stereocenters. The quantitative estimate of drug-likeness (QED) is 0.177. The number of furan rings is 1. The number of fused-ring (bicyclic) bond motifs is 3. The van der Waals surface area contributed by atoms with Gasteiger partial charge in [-0.1, -0.05) is 80.5 Å². The number of aryl methyl sites for hydroxylation is 2. The first kappa shape index (κ1) is 23.5. The molecule has 0 spiro atoms. The van der Waals surface area contributed by atoms with E-state index < -0.39 is 8.07 Å². The van der Waals surface area contributed by atoms with E-state index >= 15 is 4.39 Å². The van der Waals surface area contributed by atoms with Crippen molar-refractivity contribution in [1.82, 2.24) is 0 Å². The van der Waals surface area contributed by atoms with Crippen LogP contribution in [0.3, 0.4) is 0 Å². The average molecular weight is 483 g/mol. The highest BCUT2D eigenvalue weighted by Gasteiger charge is 2.29. The van der Waals surface area contributed by atoms with Crippen molar-refractivity contribution in [3.05, 3.63) is 84.3 Å². The molecule has 4 heteroatoms. The van der Waals surface area contributed by atoms with Gasteiger partial charge in [0, 0.05) is 22.9 Å². The van der Waals surface area contributed by atoms with Gasteiger partial charge in [-0.2, -0.15) is 0 Å². The third-order valence-corrected chi connectivity index (χ3v) is 13.7. The number of aromatic nitrogens is 1. The van der Waals surface area contributed by atoms with E-state index in [2.05, 4.69) is 74.7 Å². The highest BCUT2D eigenvalue weighted by Crippen LogP contribution is 2.41. The number of hydrogen-bond donors (Lipinski definition) is 0. The summed E-state index contributed by atoms with van der Waals surface area (Å²) in [4.78, 5) is 0. The standard InChI is InChI=1S/C31H33FNOSi/c1-6-35(7-2,8-3)23-15-13-22(14-16-23)29-26(32)19-18-25-24-17-12-21(4)28(30(24)34-31(25)29)27-11-9-10-20-33(27)5/h9-20H,6-8H2,1-5H3/q+1. The van der Waals surface area contributed by atoms with Gasteiger partial charge in [0.05, 0.1) is 19.2 Å². The van der Waals surface area contributed by atoms with Gasteiger partial charge in [0.15, 0.2) is 6.20 Å². The van der Waals surface area contributed by atoms with Crippen LogP contribution in [0.1, 0.15) is 26.3 Å². The van der Waals surface area contributed by atoms with E-state index in [4.69, 9.17) is 4.42 Å². The number of halogens is 1. The fourth-order valence-electron chi connectivity index (χ4n) is 5.70. The molecule has 0 saturated heterocycles. The molecule has 0 saturated carbocycles. The third kappa shape index (κ3) is 3.71. The Morgan fingerprint density at radius 3 is 2.03 bits per heavy atom. The smallest absolute Gasteiger partial charge is 0.216 e. The van der Waals surface area contributed by atoms with E-state index in [1.165, 1.54) is 23.3 Å². The van der Waals surface area contributed by atoms with E-state index in [-0.39, 0.29) is 5.82 Å². The summed E-state index contributed by atoms with van der Waals surface area (Å²) in [6.07, 6.45) is 2.04. The second-order valence-corrected chi connectivity index (χ2v) is 14.9. The second kappa shape index (κ2) is 9.08. The summed E-state index contributed by atoms with van der Waals surface area (Å²) in [5.41, 5.74) is 6.08. The Morgan fingerprint density at radius 1 is 0.771 bits per heavy atom. The van der Waals surface area contributed by atoms with E-state index in [1.54, 1.807) is 6.07 Å². The van der Waals surface area contributed by atoms with Crippen LogP contribution in [0.15, 0.2) is 77.3 Å². The molecule has 0 aliphatic carbocycles. The van der Waals surface area contributed by atoms with Crippen LogP contribution in [0.5, 0.6) is 0 Å². The summed E-state index contributed by atoms with van der Waals surface area (Å²) in [5.74, 6) is -0.252. The number of benzene rings is 3. The number of rotatable bonds is 6. The summed E-state index contributed by atoms with van der Waals surface area (Å²) in [5, 5.41) is 3.41. The van der Waals surface area contributed by atoms with E-state index in [0.29, 0.717) is 11.1 Å². The molecule has 178 valence electrons. The van der Waals surface area contributed by atoms with Crippen molar-refractivity contribution in [1.29, 1.82) is 0 Å². The molecule has 0 unspecified atom stereocenters. The molecular weight excluding hydrogens is 449 g/mol. The van der Waals surface area contributed by atoms with Crippen LogP contribution >= 0.6 is 0 Å². The Kier molecular flexibility index (Phi) is 6.10. The maximum atomic E-state index is 15.4. The molecule has 2 heterocycles. The third-order valence-electron chi connectivity index (χ3n) is 8.09. The van der Waals surface area contributed by atoms with Gasteiger partial charge in [0.1, 0.15) is 24.0 Å². The Hall–Kier alpha value is -3.24. The molecule has 0 aliphatic rings. The lowest BCUT2D eigenvalue weighted by Crippen LogP contribution is -2.45. The Labute approximate surface area is 208 Å². The Morgan fingerprint density at radius 2 is 1.40 bits per heavy atom. The molecule has 0 radical (unpaired) electrons. The van der Waals surface area contributed by atoms with Crippen LogP contribution in [-0.2, 0) is 7.05 Å². The molecule has 0 aliphatic heterocycles. The first-order chi connectivity index (χ1) is 16.9. The molecule has 5 aromatic rings. The lowest BCUT2D eigenvalue weighted by Gasteiger charge is -2.28. The predicted octanol–water partition coefficient (Wildman–Crippen LogP) is 7.91. The summed E-state index contributed by atoms with van der Waals surface area (Å²) in [6.45, 7) is 9.04. The van der Waals surface area contributed by atoms with Crippen LogP contribution in [-0.4, -0.2) is 8.07 Å². The van der Waals surface area contributed by atoms with Gasteiger partial charge in [-0.3, -0.25) is 0 Å². The monoisotopic (exact) mass is 482 g/mol. The zero-order valence-corrected chi connectivity index (χ0v) is 22.3. The van der Waals surface area contributed by atoms with Gasteiger partial charge in [-0.15, -0.1) is 0 Å². The maximum absolute atomic E-state index is 15.4. The lowest BCUT2D eigenvalue weighted by atomic mass is 9.99. The van der Waals surface area contributed by atoms with Crippen molar-refractivity contribution in [2.45, 2.75) is 45.8 Å². The van der Waals surface area contributed by atoms with Crippen molar-refractivity contribution < 1.29 is 13.4 Å². The molecule has 0 amide bonds. The average Bonchev–Trinajstić information content (AvgIpc) is 3.25. The zero-order valence-electron chi connectivity index (χ0n) is 21.3. The van der Waals surface area contributed by atoms with Gasteiger partial charge in [-0.25, -0.2) is 8.96 Å². The lowest BCUT2D eigenvalue weighted by molar-refractivity contribution is -0.660. The molecule has 35 heavy (non-hydrogen) atoms. The van der Waals surface area contributed by atoms with E-state index in [1.807, 2.05) is 31.4 Å². The van der Waals surface area contributed by atoms with Gasteiger partial charge in [-0.05, 0) is 36.2 Å². The second-order valence-electron chi connectivity index (χ2n) is 9.65. The Bertz CT molecular complexity index is 1520. The van der Waals surface area contributed by atoms with Crippen LogP contribution in [0.25, 0.3) is 44.3 Å². The van der Waals surface area contributed by atoms with Crippen LogP contribution in [0.2, 0.25) is 18.1 Å². The normalized spacial score (nSPS) is 12.1. The molecule has 2 nitrogen and oxygen atoms in total. The minimum atomic E-state index is -1.49. The minimum absolute atomic E-state index is 0.252. The van der Waals surface area contributed by atoms with Crippen molar-refractivity contribution in [3.63, 3.8) is 0 Å². The first-order valence-corrected chi connectivity index (χ1v) is 15.3. The highest BCUT2D eigenvalue weighted by atomic mass is 28.3. The number of pyridine rings is 1. The van der Waals surface area contributed by atoms with Gasteiger partial charge >= 0.3 is 0 Å². The summed E-state index contributed by atoms with van der Waals surface area (Å²) in [7, 11) is 0.550. The zero-order chi connectivity index (χ0) is 24.7. The molecule has 2 aromatic heterocycles. The van der Waals surface area contributed by atoms with Crippen LogP contribution < -0.4 is 9.75 Å². The van der Waals surface area contributed by atoms with Crippen molar-refractivity contribution in [3.8, 4) is 22.4 Å². The molecular formula is C31H33FNOSi+. The van der Waals surface area contributed by atoms with E-state index in [9.17, 15) is 0 Å². The topological polar surface area (TPSA) is 17.0 Å². The maximum Gasteiger partial charge on any atom is 0.216 e. The van der Waals surface area contributed by atoms with Gasteiger partial charge in [0.25, 0.3) is 0 Å². The predicted molar refractivity (Wildman–Crippen MR) is 147 cm³/mol. The van der Waals surface area contributed by atoms with Crippen LogP contribution in [0.4, 0.5) is 4.39 Å². The summed E-state index contributed by atoms with van der Waals surface area (Å²) >= 11 is 0. The molecule has 0 fully saturated rings. The van der Waals surface area contributed by atoms with Crippen molar-refractivity contribution >= 4 is 35.2 Å². The van der Waals surface area contributed by atoms with Gasteiger partial charge < -0.3 is 4.42 Å². The highest BCUT2D eigenvalue weighted by molar-refractivity contribution is 6.91. The SMILES string of the molecule is CC[Si](CC)(CC)c1ccc(-c2c(F)ccc3c2oc2c(-c4cccc[n+]4C)c(C)ccc23)cc1. The number of hydrogen-bond acceptors (Lipinski definition) is 1. The first-order valence-electron chi connectivity index (χ1n) is 12.6.